The molecule has 6 heteroatoms. The van der Waals surface area contributed by atoms with Crippen LogP contribution in [0.25, 0.3) is 0 Å². The normalized spacial score (nSPS) is 14.7. The highest BCUT2D eigenvalue weighted by Crippen LogP contribution is 2.37. The molecule has 2 N–H and O–H groups in total. The molecule has 29 heavy (non-hydrogen) atoms. The summed E-state index contributed by atoms with van der Waals surface area (Å²) in [6, 6.07) is 12.5. The molecule has 0 aromatic heterocycles. The molecular formula is C23H32BrN3O2. The van der Waals surface area contributed by atoms with Gasteiger partial charge in [-0.15, -0.1) is 0 Å². The molecule has 2 aromatic carbocycles. The van der Waals surface area contributed by atoms with E-state index in [-0.39, 0.29) is 0 Å². The Kier molecular flexibility index (Phi) is 8.80. The maximum atomic E-state index is 6.14. The van der Waals surface area contributed by atoms with Crippen LogP contribution in [0.5, 0.6) is 11.5 Å². The lowest BCUT2D eigenvalue weighted by molar-refractivity contribution is 0.241. The Morgan fingerprint density at radius 3 is 2.69 bits per heavy atom. The average Bonchev–Trinajstić information content (AvgIpc) is 2.73. The zero-order valence-electron chi connectivity index (χ0n) is 17.5. The van der Waals surface area contributed by atoms with Crippen LogP contribution in [-0.2, 0) is 13.2 Å². The van der Waals surface area contributed by atoms with Crippen LogP contribution in [0.3, 0.4) is 0 Å². The van der Waals surface area contributed by atoms with Crippen LogP contribution in [0.15, 0.2) is 40.9 Å². The van der Waals surface area contributed by atoms with Crippen LogP contribution in [0.2, 0.25) is 0 Å². The first kappa shape index (κ1) is 22.1. The van der Waals surface area contributed by atoms with E-state index in [0.29, 0.717) is 13.2 Å². The highest BCUT2D eigenvalue weighted by atomic mass is 79.9. The van der Waals surface area contributed by atoms with Gasteiger partial charge in [0.15, 0.2) is 11.5 Å². The van der Waals surface area contributed by atoms with E-state index in [1.54, 1.807) is 0 Å². The third-order valence-electron chi connectivity index (χ3n) is 5.15. The van der Waals surface area contributed by atoms with Crippen molar-refractivity contribution in [1.29, 1.82) is 0 Å². The van der Waals surface area contributed by atoms with Gasteiger partial charge in [-0.25, -0.2) is 0 Å². The topological polar surface area (TPSA) is 45.8 Å². The first-order chi connectivity index (χ1) is 14.2. The first-order valence-corrected chi connectivity index (χ1v) is 11.2. The predicted octanol–water partition coefficient (Wildman–Crippen LogP) is 3.73. The van der Waals surface area contributed by atoms with Gasteiger partial charge in [-0.2, -0.15) is 0 Å². The second-order valence-corrected chi connectivity index (χ2v) is 8.18. The first-order valence-electron chi connectivity index (χ1n) is 10.4. The molecule has 0 aliphatic carbocycles. The van der Waals surface area contributed by atoms with Gasteiger partial charge in [0.25, 0.3) is 0 Å². The maximum Gasteiger partial charge on any atom is 0.175 e. The van der Waals surface area contributed by atoms with E-state index < -0.39 is 0 Å². The van der Waals surface area contributed by atoms with Gasteiger partial charge in [0.05, 0.1) is 11.1 Å². The minimum Gasteiger partial charge on any atom is -0.490 e. The van der Waals surface area contributed by atoms with Crippen molar-refractivity contribution in [2.75, 3.05) is 45.9 Å². The van der Waals surface area contributed by atoms with E-state index in [9.17, 15) is 0 Å². The summed E-state index contributed by atoms with van der Waals surface area (Å²) in [7, 11) is 0. The molecule has 1 fully saturated rings. The SMILES string of the molecule is CCOc1cc(CNCCN2CCNCC2)cc(Br)c1OCc1ccccc1C. The molecule has 2 aromatic rings. The molecule has 0 saturated carbocycles. The Morgan fingerprint density at radius 2 is 1.93 bits per heavy atom. The summed E-state index contributed by atoms with van der Waals surface area (Å²) in [5.41, 5.74) is 3.59. The van der Waals surface area contributed by atoms with Crippen LogP contribution in [-0.4, -0.2) is 50.8 Å². The number of aryl methyl sites for hydroxylation is 1. The van der Waals surface area contributed by atoms with E-state index in [0.717, 1.165) is 61.8 Å². The number of rotatable bonds is 10. The Labute approximate surface area is 182 Å². The molecular weight excluding hydrogens is 430 g/mol. The quantitative estimate of drug-likeness (QED) is 0.527. The molecule has 1 heterocycles. The fourth-order valence-corrected chi connectivity index (χ4v) is 4.06. The number of hydrogen-bond acceptors (Lipinski definition) is 5. The van der Waals surface area contributed by atoms with Crippen LogP contribution in [0.1, 0.15) is 23.6 Å². The number of ether oxygens (including phenoxy) is 2. The summed E-state index contributed by atoms with van der Waals surface area (Å²) in [5.74, 6) is 1.55. The minimum atomic E-state index is 0.521. The van der Waals surface area contributed by atoms with Crippen molar-refractivity contribution in [3.8, 4) is 11.5 Å². The fraction of sp³-hybridized carbons (Fsp3) is 0.478. The Morgan fingerprint density at radius 1 is 1.14 bits per heavy atom. The second kappa shape index (κ2) is 11.6. The number of nitrogens with one attached hydrogen (secondary N) is 2. The average molecular weight is 462 g/mol. The largest absolute Gasteiger partial charge is 0.490 e. The van der Waals surface area contributed by atoms with Gasteiger partial charge >= 0.3 is 0 Å². The number of halogens is 1. The van der Waals surface area contributed by atoms with Gasteiger partial charge in [0.2, 0.25) is 0 Å². The van der Waals surface area contributed by atoms with E-state index >= 15 is 0 Å². The number of piperazine rings is 1. The number of hydrogen-bond donors (Lipinski definition) is 2. The lowest BCUT2D eigenvalue weighted by Crippen LogP contribution is -2.45. The van der Waals surface area contributed by atoms with Gasteiger partial charge in [-0.1, -0.05) is 24.3 Å². The van der Waals surface area contributed by atoms with Crippen LogP contribution in [0.4, 0.5) is 0 Å². The van der Waals surface area contributed by atoms with Gasteiger partial charge in [-0.3, -0.25) is 4.90 Å². The summed E-state index contributed by atoms with van der Waals surface area (Å²) < 4.78 is 12.9. The molecule has 5 nitrogen and oxygen atoms in total. The molecule has 0 atom stereocenters. The molecule has 158 valence electrons. The summed E-state index contributed by atoms with van der Waals surface area (Å²) in [5, 5.41) is 6.94. The standard InChI is InChI=1S/C23H32BrN3O2/c1-3-28-22-15-19(16-26-10-13-27-11-8-25-9-12-27)14-21(24)23(22)29-17-20-7-5-4-6-18(20)2/h4-7,14-15,25-26H,3,8-13,16-17H2,1-2H3. The van der Waals surface area contributed by atoms with Crippen molar-refractivity contribution in [3.05, 3.63) is 57.6 Å². The highest BCUT2D eigenvalue weighted by Gasteiger charge is 2.14. The summed E-state index contributed by atoms with van der Waals surface area (Å²) in [6.45, 7) is 12.5. The molecule has 3 rings (SSSR count). The molecule has 0 amide bonds. The third-order valence-corrected chi connectivity index (χ3v) is 5.74. The lowest BCUT2D eigenvalue weighted by Gasteiger charge is -2.27. The zero-order chi connectivity index (χ0) is 20.5. The van der Waals surface area contributed by atoms with Crippen molar-refractivity contribution in [1.82, 2.24) is 15.5 Å². The van der Waals surface area contributed by atoms with E-state index in [1.165, 1.54) is 16.7 Å². The fourth-order valence-electron chi connectivity index (χ4n) is 3.45. The van der Waals surface area contributed by atoms with Crippen LogP contribution >= 0.6 is 15.9 Å². The van der Waals surface area contributed by atoms with Crippen LogP contribution < -0.4 is 20.1 Å². The molecule has 0 bridgehead atoms. The molecule has 1 aliphatic heterocycles. The van der Waals surface area contributed by atoms with E-state index in [4.69, 9.17) is 9.47 Å². The van der Waals surface area contributed by atoms with Crippen molar-refractivity contribution >= 4 is 15.9 Å². The van der Waals surface area contributed by atoms with Crippen molar-refractivity contribution in [2.24, 2.45) is 0 Å². The Hall–Kier alpha value is -1.60. The zero-order valence-corrected chi connectivity index (χ0v) is 19.1. The summed E-state index contributed by atoms with van der Waals surface area (Å²) in [6.07, 6.45) is 0. The summed E-state index contributed by atoms with van der Waals surface area (Å²) >= 11 is 3.68. The Bertz CT molecular complexity index is 779. The monoisotopic (exact) mass is 461 g/mol. The number of nitrogens with zero attached hydrogens (tertiary/aromatic N) is 1. The predicted molar refractivity (Wildman–Crippen MR) is 122 cm³/mol. The van der Waals surface area contributed by atoms with E-state index in [1.807, 2.05) is 19.1 Å². The summed E-state index contributed by atoms with van der Waals surface area (Å²) in [4.78, 5) is 2.49. The van der Waals surface area contributed by atoms with Crippen LogP contribution in [0, 0.1) is 6.92 Å². The van der Waals surface area contributed by atoms with Gasteiger partial charge in [-0.05, 0) is 58.6 Å². The smallest absolute Gasteiger partial charge is 0.175 e. The van der Waals surface area contributed by atoms with Gasteiger partial charge < -0.3 is 20.1 Å². The molecule has 1 saturated heterocycles. The van der Waals surface area contributed by atoms with Gasteiger partial charge in [0.1, 0.15) is 6.61 Å². The van der Waals surface area contributed by atoms with Crippen molar-refractivity contribution in [2.45, 2.75) is 27.0 Å². The lowest BCUT2D eigenvalue weighted by atomic mass is 10.1. The molecule has 1 aliphatic rings. The van der Waals surface area contributed by atoms with Crippen molar-refractivity contribution in [3.63, 3.8) is 0 Å². The third kappa shape index (κ3) is 6.71. The van der Waals surface area contributed by atoms with Crippen molar-refractivity contribution < 1.29 is 9.47 Å². The highest BCUT2D eigenvalue weighted by molar-refractivity contribution is 9.10. The molecule has 0 spiro atoms. The molecule has 0 radical (unpaired) electrons. The Balaban J connectivity index is 1.58. The minimum absolute atomic E-state index is 0.521. The number of benzene rings is 2. The molecule has 0 unspecified atom stereocenters. The second-order valence-electron chi connectivity index (χ2n) is 7.32. The van der Waals surface area contributed by atoms with Gasteiger partial charge in [0, 0.05) is 45.8 Å². The van der Waals surface area contributed by atoms with E-state index in [2.05, 4.69) is 62.7 Å². The maximum absolute atomic E-state index is 6.14.